The minimum Gasteiger partial charge on any atom is -0.463 e. The fourth-order valence-electron chi connectivity index (χ4n) is 3.51. The number of hydrogen-bond acceptors (Lipinski definition) is 4. The van der Waals surface area contributed by atoms with E-state index < -0.39 is 0 Å². The van der Waals surface area contributed by atoms with Crippen molar-refractivity contribution in [2.24, 2.45) is 5.92 Å². The summed E-state index contributed by atoms with van der Waals surface area (Å²) < 4.78 is 7.43. The van der Waals surface area contributed by atoms with Crippen molar-refractivity contribution >= 4 is 16.9 Å². The summed E-state index contributed by atoms with van der Waals surface area (Å²) in [4.78, 5) is 20.4. The highest BCUT2D eigenvalue weighted by Crippen LogP contribution is 2.32. The molecule has 0 atom stereocenters. The van der Waals surface area contributed by atoms with Crippen LogP contribution in [0.2, 0.25) is 0 Å². The standard InChI is InChI=1S/C22H28N4O2/c1-14(2)9-10-25(16-7-8-16)22(27)17-12-19(20-6-5-11-28-20)24-21-18(17)13-23-26(21)15(3)4/h5-6,11-16H,7-10H2,1-4H3. The van der Waals surface area contributed by atoms with Gasteiger partial charge in [0.15, 0.2) is 11.4 Å². The van der Waals surface area contributed by atoms with Crippen LogP contribution in [0.15, 0.2) is 35.1 Å². The summed E-state index contributed by atoms with van der Waals surface area (Å²) >= 11 is 0. The van der Waals surface area contributed by atoms with Gasteiger partial charge in [0, 0.05) is 18.6 Å². The van der Waals surface area contributed by atoms with Gasteiger partial charge < -0.3 is 9.32 Å². The summed E-state index contributed by atoms with van der Waals surface area (Å²) in [5.74, 6) is 1.30. The molecule has 1 fully saturated rings. The SMILES string of the molecule is CC(C)CCN(C(=O)c1cc(-c2ccco2)nc2c1cnn2C(C)C)C1CC1. The summed E-state index contributed by atoms with van der Waals surface area (Å²) in [6.45, 7) is 9.31. The number of hydrogen-bond donors (Lipinski definition) is 0. The third kappa shape index (κ3) is 3.55. The fraction of sp³-hybridized carbons (Fsp3) is 0.500. The number of nitrogens with zero attached hydrogens (tertiary/aromatic N) is 4. The van der Waals surface area contributed by atoms with Crippen LogP contribution >= 0.6 is 0 Å². The Hall–Kier alpha value is -2.63. The lowest BCUT2D eigenvalue weighted by atomic mass is 10.1. The van der Waals surface area contributed by atoms with E-state index in [9.17, 15) is 4.79 Å². The first-order valence-corrected chi connectivity index (χ1v) is 10.2. The van der Waals surface area contributed by atoms with Gasteiger partial charge in [-0.05, 0) is 57.2 Å². The Kier molecular flexibility index (Phi) is 4.96. The Morgan fingerprint density at radius 1 is 1.32 bits per heavy atom. The first-order chi connectivity index (χ1) is 13.5. The summed E-state index contributed by atoms with van der Waals surface area (Å²) in [5.41, 5.74) is 2.06. The topological polar surface area (TPSA) is 64.2 Å². The molecule has 0 unspecified atom stereocenters. The molecule has 0 aliphatic heterocycles. The molecule has 1 amide bonds. The molecule has 3 aromatic rings. The molecular formula is C22H28N4O2. The highest BCUT2D eigenvalue weighted by atomic mass is 16.3. The molecule has 28 heavy (non-hydrogen) atoms. The lowest BCUT2D eigenvalue weighted by molar-refractivity contribution is 0.0737. The molecule has 6 nitrogen and oxygen atoms in total. The first kappa shape index (κ1) is 18.7. The van der Waals surface area contributed by atoms with E-state index in [1.807, 2.05) is 27.8 Å². The Morgan fingerprint density at radius 2 is 2.11 bits per heavy atom. The first-order valence-electron chi connectivity index (χ1n) is 10.2. The second kappa shape index (κ2) is 7.41. The van der Waals surface area contributed by atoms with Crippen molar-refractivity contribution in [3.63, 3.8) is 0 Å². The third-order valence-corrected chi connectivity index (χ3v) is 5.26. The van der Waals surface area contributed by atoms with Crippen LogP contribution in [0.3, 0.4) is 0 Å². The Bertz CT molecular complexity index is 968. The predicted octanol–water partition coefficient (Wildman–Crippen LogP) is 4.92. The number of carbonyl (C=O) groups excluding carboxylic acids is 1. The van der Waals surface area contributed by atoms with Crippen LogP contribution in [-0.4, -0.2) is 38.2 Å². The highest BCUT2D eigenvalue weighted by Gasteiger charge is 2.34. The van der Waals surface area contributed by atoms with Crippen LogP contribution in [0.5, 0.6) is 0 Å². The summed E-state index contributed by atoms with van der Waals surface area (Å²) in [7, 11) is 0. The van der Waals surface area contributed by atoms with Crippen molar-refractivity contribution < 1.29 is 9.21 Å². The normalized spacial score (nSPS) is 14.4. The van der Waals surface area contributed by atoms with E-state index in [1.165, 1.54) is 0 Å². The predicted molar refractivity (Wildman–Crippen MR) is 109 cm³/mol. The van der Waals surface area contributed by atoms with Gasteiger partial charge in [-0.15, -0.1) is 0 Å². The number of aromatic nitrogens is 3. The lowest BCUT2D eigenvalue weighted by Crippen LogP contribution is -2.34. The van der Waals surface area contributed by atoms with E-state index in [-0.39, 0.29) is 11.9 Å². The minimum absolute atomic E-state index is 0.0756. The lowest BCUT2D eigenvalue weighted by Gasteiger charge is -2.24. The number of furan rings is 1. The van der Waals surface area contributed by atoms with Gasteiger partial charge in [-0.2, -0.15) is 5.10 Å². The van der Waals surface area contributed by atoms with Gasteiger partial charge in [0.1, 0.15) is 5.69 Å². The molecule has 1 saturated carbocycles. The molecule has 4 rings (SSSR count). The average molecular weight is 380 g/mol. The van der Waals surface area contributed by atoms with Crippen LogP contribution in [0, 0.1) is 5.92 Å². The molecule has 0 N–H and O–H groups in total. The summed E-state index contributed by atoms with van der Waals surface area (Å²) in [6.07, 6.45) is 6.59. The maximum atomic E-state index is 13.6. The monoisotopic (exact) mass is 380 g/mol. The zero-order valence-electron chi connectivity index (χ0n) is 17.1. The van der Waals surface area contributed by atoms with Crippen LogP contribution < -0.4 is 0 Å². The zero-order valence-corrected chi connectivity index (χ0v) is 17.1. The van der Waals surface area contributed by atoms with Crippen molar-refractivity contribution in [1.82, 2.24) is 19.7 Å². The van der Waals surface area contributed by atoms with E-state index in [0.29, 0.717) is 29.0 Å². The molecule has 3 aromatic heterocycles. The number of carbonyl (C=O) groups is 1. The molecule has 0 radical (unpaired) electrons. The van der Waals surface area contributed by atoms with Crippen molar-refractivity contribution in [1.29, 1.82) is 0 Å². The van der Waals surface area contributed by atoms with E-state index >= 15 is 0 Å². The van der Waals surface area contributed by atoms with E-state index in [4.69, 9.17) is 9.40 Å². The Morgan fingerprint density at radius 3 is 2.71 bits per heavy atom. The number of amides is 1. The van der Waals surface area contributed by atoms with Gasteiger partial charge in [-0.25, -0.2) is 9.67 Å². The van der Waals surface area contributed by atoms with Gasteiger partial charge in [-0.3, -0.25) is 4.79 Å². The van der Waals surface area contributed by atoms with E-state index in [0.717, 1.165) is 36.8 Å². The molecule has 0 bridgehead atoms. The molecular weight excluding hydrogens is 352 g/mol. The van der Waals surface area contributed by atoms with Crippen molar-refractivity contribution in [3.05, 3.63) is 36.2 Å². The van der Waals surface area contributed by atoms with Crippen molar-refractivity contribution in [2.75, 3.05) is 6.54 Å². The Balaban J connectivity index is 1.81. The zero-order chi connectivity index (χ0) is 19.8. The molecule has 1 aliphatic rings. The van der Waals surface area contributed by atoms with Gasteiger partial charge in [-0.1, -0.05) is 13.8 Å². The number of pyridine rings is 1. The minimum atomic E-state index is 0.0756. The third-order valence-electron chi connectivity index (χ3n) is 5.26. The summed E-state index contributed by atoms with van der Waals surface area (Å²) in [5, 5.41) is 5.32. The second-order valence-corrected chi connectivity index (χ2v) is 8.36. The maximum absolute atomic E-state index is 13.6. The molecule has 148 valence electrons. The van der Waals surface area contributed by atoms with Gasteiger partial charge in [0.05, 0.1) is 23.4 Å². The van der Waals surface area contributed by atoms with Crippen LogP contribution in [0.1, 0.15) is 63.4 Å². The second-order valence-electron chi connectivity index (χ2n) is 8.36. The fourth-order valence-corrected chi connectivity index (χ4v) is 3.51. The molecule has 3 heterocycles. The maximum Gasteiger partial charge on any atom is 0.254 e. The van der Waals surface area contributed by atoms with Crippen LogP contribution in [0.4, 0.5) is 0 Å². The molecule has 0 aromatic carbocycles. The average Bonchev–Trinajstić information content (AvgIpc) is 3.18. The van der Waals surface area contributed by atoms with Crippen LogP contribution in [-0.2, 0) is 0 Å². The molecule has 6 heteroatoms. The van der Waals surface area contributed by atoms with Gasteiger partial charge in [0.25, 0.3) is 5.91 Å². The smallest absolute Gasteiger partial charge is 0.254 e. The molecule has 0 spiro atoms. The van der Waals surface area contributed by atoms with Crippen molar-refractivity contribution in [2.45, 2.75) is 59.0 Å². The van der Waals surface area contributed by atoms with Crippen molar-refractivity contribution in [3.8, 4) is 11.5 Å². The molecule has 0 saturated heterocycles. The summed E-state index contributed by atoms with van der Waals surface area (Å²) in [6, 6.07) is 6.08. The van der Waals surface area contributed by atoms with E-state index in [2.05, 4.69) is 32.8 Å². The largest absolute Gasteiger partial charge is 0.463 e. The number of rotatable bonds is 7. The van der Waals surface area contributed by atoms with Gasteiger partial charge in [0.2, 0.25) is 0 Å². The van der Waals surface area contributed by atoms with Crippen LogP contribution in [0.25, 0.3) is 22.5 Å². The highest BCUT2D eigenvalue weighted by molar-refractivity contribution is 6.06. The van der Waals surface area contributed by atoms with E-state index in [1.54, 1.807) is 12.5 Å². The van der Waals surface area contributed by atoms with Gasteiger partial charge >= 0.3 is 0 Å². The Labute approximate surface area is 165 Å². The molecule has 1 aliphatic carbocycles. The quantitative estimate of drug-likeness (QED) is 0.583. The number of fused-ring (bicyclic) bond motifs is 1.